The SMILES string of the molecule is CCc1cc(Cl)c(OCc2ccccc2NC(=S)OC)cc1C. The molecule has 0 radical (unpaired) electrons. The minimum atomic E-state index is 0.318. The normalized spacial score (nSPS) is 10.3. The Morgan fingerprint density at radius 2 is 1.96 bits per heavy atom. The minimum Gasteiger partial charge on any atom is -0.487 e. The van der Waals surface area contributed by atoms with Crippen molar-refractivity contribution in [1.29, 1.82) is 0 Å². The number of para-hydroxylation sites is 1. The molecule has 0 saturated heterocycles. The van der Waals surface area contributed by atoms with Crippen molar-refractivity contribution < 1.29 is 9.47 Å². The first-order valence-electron chi connectivity index (χ1n) is 7.39. The van der Waals surface area contributed by atoms with E-state index in [1.807, 2.05) is 36.4 Å². The first kappa shape index (κ1) is 17.6. The van der Waals surface area contributed by atoms with E-state index in [9.17, 15) is 0 Å². The van der Waals surface area contributed by atoms with Crippen LogP contribution in [0.3, 0.4) is 0 Å². The zero-order chi connectivity index (χ0) is 16.8. The highest BCUT2D eigenvalue weighted by Gasteiger charge is 2.09. The maximum absolute atomic E-state index is 6.31. The lowest BCUT2D eigenvalue weighted by Gasteiger charge is -2.14. The lowest BCUT2D eigenvalue weighted by molar-refractivity contribution is 0.306. The molecule has 2 aromatic carbocycles. The molecule has 0 aliphatic rings. The summed E-state index contributed by atoms with van der Waals surface area (Å²) in [6.07, 6.45) is 0.951. The van der Waals surface area contributed by atoms with Gasteiger partial charge in [0, 0.05) is 11.3 Å². The van der Waals surface area contributed by atoms with Gasteiger partial charge in [-0.1, -0.05) is 36.7 Å². The van der Waals surface area contributed by atoms with Gasteiger partial charge < -0.3 is 14.8 Å². The van der Waals surface area contributed by atoms with Crippen LogP contribution in [0.25, 0.3) is 0 Å². The van der Waals surface area contributed by atoms with E-state index in [2.05, 4.69) is 19.2 Å². The van der Waals surface area contributed by atoms with Crippen LogP contribution in [0, 0.1) is 6.92 Å². The first-order chi connectivity index (χ1) is 11.0. The van der Waals surface area contributed by atoms with Gasteiger partial charge in [0.2, 0.25) is 0 Å². The molecule has 0 spiro atoms. The third kappa shape index (κ3) is 4.60. The Bertz CT molecular complexity index is 703. The summed E-state index contributed by atoms with van der Waals surface area (Å²) in [5.41, 5.74) is 4.24. The van der Waals surface area contributed by atoms with E-state index in [-0.39, 0.29) is 0 Å². The third-order valence-corrected chi connectivity index (χ3v) is 4.16. The average molecular weight is 350 g/mol. The van der Waals surface area contributed by atoms with Crippen LogP contribution in [0.4, 0.5) is 5.69 Å². The number of ether oxygens (including phenoxy) is 2. The van der Waals surface area contributed by atoms with Gasteiger partial charge in [-0.05, 0) is 54.9 Å². The highest BCUT2D eigenvalue weighted by Crippen LogP contribution is 2.29. The molecule has 2 aromatic rings. The van der Waals surface area contributed by atoms with Gasteiger partial charge in [0.1, 0.15) is 12.4 Å². The number of benzene rings is 2. The van der Waals surface area contributed by atoms with Crippen LogP contribution in [0.5, 0.6) is 5.75 Å². The van der Waals surface area contributed by atoms with Crippen molar-refractivity contribution in [2.45, 2.75) is 26.9 Å². The quantitative estimate of drug-likeness (QED) is 0.758. The molecule has 1 N–H and O–H groups in total. The summed E-state index contributed by atoms with van der Waals surface area (Å²) in [6, 6.07) is 11.7. The van der Waals surface area contributed by atoms with Crippen LogP contribution >= 0.6 is 23.8 Å². The number of nitrogens with one attached hydrogen (secondary N) is 1. The highest BCUT2D eigenvalue weighted by molar-refractivity contribution is 7.80. The number of rotatable bonds is 5. The van der Waals surface area contributed by atoms with E-state index < -0.39 is 0 Å². The minimum absolute atomic E-state index is 0.318. The maximum atomic E-state index is 6.31. The van der Waals surface area contributed by atoms with Gasteiger partial charge in [0.25, 0.3) is 5.17 Å². The number of aryl methyl sites for hydroxylation is 2. The zero-order valence-electron chi connectivity index (χ0n) is 13.5. The summed E-state index contributed by atoms with van der Waals surface area (Å²) in [4.78, 5) is 0. The Hall–Kier alpha value is -1.78. The van der Waals surface area contributed by atoms with E-state index in [4.69, 9.17) is 33.3 Å². The van der Waals surface area contributed by atoms with Crippen LogP contribution in [0.15, 0.2) is 36.4 Å². The molecule has 0 fully saturated rings. The molecular formula is C18H20ClNO2S. The molecule has 0 saturated carbocycles. The Kier molecular flexibility index (Phi) is 6.25. The molecule has 2 rings (SSSR count). The van der Waals surface area contributed by atoms with Crippen molar-refractivity contribution in [2.24, 2.45) is 0 Å². The number of hydrogen-bond acceptors (Lipinski definition) is 3. The smallest absolute Gasteiger partial charge is 0.260 e. The van der Waals surface area contributed by atoms with Gasteiger partial charge >= 0.3 is 0 Å². The molecule has 23 heavy (non-hydrogen) atoms. The lowest BCUT2D eigenvalue weighted by Crippen LogP contribution is -2.12. The van der Waals surface area contributed by atoms with Crippen molar-refractivity contribution in [3.05, 3.63) is 58.1 Å². The van der Waals surface area contributed by atoms with Crippen molar-refractivity contribution >= 4 is 34.7 Å². The molecule has 3 nitrogen and oxygen atoms in total. The zero-order valence-corrected chi connectivity index (χ0v) is 15.1. The van der Waals surface area contributed by atoms with E-state index >= 15 is 0 Å². The average Bonchev–Trinajstić information content (AvgIpc) is 2.56. The van der Waals surface area contributed by atoms with Crippen molar-refractivity contribution in [3.8, 4) is 5.75 Å². The Morgan fingerprint density at radius 1 is 1.22 bits per heavy atom. The Morgan fingerprint density at radius 3 is 2.65 bits per heavy atom. The molecule has 0 unspecified atom stereocenters. The van der Waals surface area contributed by atoms with Crippen molar-refractivity contribution in [2.75, 3.05) is 12.4 Å². The third-order valence-electron chi connectivity index (χ3n) is 3.59. The van der Waals surface area contributed by atoms with Gasteiger partial charge in [-0.25, -0.2) is 0 Å². The summed E-state index contributed by atoms with van der Waals surface area (Å²) in [7, 11) is 1.53. The molecule has 0 amide bonds. The highest BCUT2D eigenvalue weighted by atomic mass is 35.5. The molecule has 0 heterocycles. The van der Waals surface area contributed by atoms with E-state index in [0.717, 1.165) is 17.7 Å². The molecule has 0 aromatic heterocycles. The second kappa shape index (κ2) is 8.18. The van der Waals surface area contributed by atoms with E-state index in [1.165, 1.54) is 18.2 Å². The fraction of sp³-hybridized carbons (Fsp3) is 0.278. The maximum Gasteiger partial charge on any atom is 0.260 e. The molecule has 122 valence electrons. The van der Waals surface area contributed by atoms with Crippen LogP contribution in [0.1, 0.15) is 23.6 Å². The van der Waals surface area contributed by atoms with Crippen molar-refractivity contribution in [3.63, 3.8) is 0 Å². The van der Waals surface area contributed by atoms with Gasteiger partial charge in [-0.15, -0.1) is 0 Å². The summed E-state index contributed by atoms with van der Waals surface area (Å²) < 4.78 is 10.9. The summed E-state index contributed by atoms with van der Waals surface area (Å²) in [6.45, 7) is 4.56. The standard InChI is InChI=1S/C18H20ClNO2S/c1-4-13-10-15(19)17(9-12(13)2)22-11-14-7-5-6-8-16(14)20-18(23)21-3/h5-10H,4,11H2,1-3H3,(H,20,23). The number of anilines is 1. The molecule has 0 aliphatic carbocycles. The number of methoxy groups -OCH3 is 1. The fourth-order valence-corrected chi connectivity index (χ4v) is 2.62. The van der Waals surface area contributed by atoms with Gasteiger partial charge in [0.15, 0.2) is 0 Å². The van der Waals surface area contributed by atoms with Crippen LogP contribution in [-0.2, 0) is 17.8 Å². The molecule has 5 heteroatoms. The molecule has 0 atom stereocenters. The predicted molar refractivity (Wildman–Crippen MR) is 99.6 cm³/mol. The summed E-state index contributed by atoms with van der Waals surface area (Å²) in [5, 5.41) is 3.99. The van der Waals surface area contributed by atoms with Crippen LogP contribution < -0.4 is 10.1 Å². The molecular weight excluding hydrogens is 330 g/mol. The largest absolute Gasteiger partial charge is 0.487 e. The molecule has 0 aliphatic heterocycles. The fourth-order valence-electron chi connectivity index (χ4n) is 2.27. The monoisotopic (exact) mass is 349 g/mol. The number of thiocarbonyl (C=S) groups is 1. The summed E-state index contributed by atoms with van der Waals surface area (Å²) >= 11 is 11.4. The second-order valence-electron chi connectivity index (χ2n) is 5.13. The lowest BCUT2D eigenvalue weighted by atomic mass is 10.1. The van der Waals surface area contributed by atoms with Crippen LogP contribution in [-0.4, -0.2) is 12.3 Å². The first-order valence-corrected chi connectivity index (χ1v) is 8.18. The molecule has 0 bridgehead atoms. The second-order valence-corrected chi connectivity index (χ2v) is 5.90. The predicted octanol–water partition coefficient (Wildman–Crippen LogP) is 5.13. The van der Waals surface area contributed by atoms with E-state index in [1.54, 1.807) is 0 Å². The number of halogens is 1. The topological polar surface area (TPSA) is 30.5 Å². The van der Waals surface area contributed by atoms with Crippen molar-refractivity contribution in [1.82, 2.24) is 0 Å². The Balaban J connectivity index is 2.15. The van der Waals surface area contributed by atoms with Gasteiger partial charge in [0.05, 0.1) is 12.1 Å². The van der Waals surface area contributed by atoms with Gasteiger partial charge in [-0.3, -0.25) is 0 Å². The van der Waals surface area contributed by atoms with E-state index in [0.29, 0.717) is 22.6 Å². The van der Waals surface area contributed by atoms with Gasteiger partial charge in [-0.2, -0.15) is 0 Å². The Labute approximate surface area is 147 Å². The number of hydrogen-bond donors (Lipinski definition) is 1. The summed E-state index contributed by atoms with van der Waals surface area (Å²) in [5.74, 6) is 0.686. The van der Waals surface area contributed by atoms with Crippen LogP contribution in [0.2, 0.25) is 5.02 Å².